The molecule has 0 spiro atoms. The topological polar surface area (TPSA) is 92.9 Å². The van der Waals surface area contributed by atoms with Crippen LogP contribution in [-0.4, -0.2) is 76.2 Å². The number of alkyl halides is 2. The fourth-order valence-corrected chi connectivity index (χ4v) is 4.21. The van der Waals surface area contributed by atoms with Gasteiger partial charge in [0.15, 0.2) is 0 Å². The van der Waals surface area contributed by atoms with Crippen molar-refractivity contribution in [3.63, 3.8) is 0 Å². The molecule has 0 bridgehead atoms. The zero-order chi connectivity index (χ0) is 22.5. The lowest BCUT2D eigenvalue weighted by Gasteiger charge is -2.33. The van der Waals surface area contributed by atoms with Crippen LogP contribution >= 0.6 is 0 Å². The van der Waals surface area contributed by atoms with Crippen molar-refractivity contribution >= 4 is 22.8 Å². The van der Waals surface area contributed by atoms with Crippen LogP contribution in [0.1, 0.15) is 35.9 Å². The van der Waals surface area contributed by atoms with E-state index in [1.165, 1.54) is 5.56 Å². The third-order valence-electron chi connectivity index (χ3n) is 5.85. The van der Waals surface area contributed by atoms with E-state index in [2.05, 4.69) is 38.5 Å². The van der Waals surface area contributed by atoms with Crippen molar-refractivity contribution in [1.82, 2.24) is 30.4 Å². The molecule has 2 aromatic heterocycles. The zero-order valence-corrected chi connectivity index (χ0v) is 18.2. The molecule has 1 aliphatic rings. The van der Waals surface area contributed by atoms with Gasteiger partial charge in [-0.1, -0.05) is 31.5 Å². The Morgan fingerprint density at radius 2 is 2.00 bits per heavy atom. The lowest BCUT2D eigenvalue weighted by Crippen LogP contribution is -2.48. The fraction of sp³-hybridized carbons (Fsp3) is 0.500. The lowest BCUT2D eigenvalue weighted by atomic mass is 10.0. The van der Waals surface area contributed by atoms with Gasteiger partial charge in [0.1, 0.15) is 0 Å². The van der Waals surface area contributed by atoms with Crippen molar-refractivity contribution in [2.75, 3.05) is 37.6 Å². The van der Waals surface area contributed by atoms with E-state index in [0.29, 0.717) is 32.1 Å². The molecule has 1 fully saturated rings. The van der Waals surface area contributed by atoms with E-state index in [1.807, 2.05) is 29.3 Å². The molecular formula is C22H29F2N7O. The molecule has 3 N–H and O–H groups in total. The van der Waals surface area contributed by atoms with Crippen LogP contribution < -0.4 is 10.2 Å². The molecule has 0 aliphatic carbocycles. The average molecular weight is 446 g/mol. The molecule has 0 radical (unpaired) electrons. The summed E-state index contributed by atoms with van der Waals surface area (Å²) in [6, 6.07) is 8.09. The second kappa shape index (κ2) is 10.1. The molecule has 10 heteroatoms. The number of aromatic nitrogens is 4. The molecule has 1 unspecified atom stereocenters. The Morgan fingerprint density at radius 3 is 2.75 bits per heavy atom. The summed E-state index contributed by atoms with van der Waals surface area (Å²) in [6.07, 6.45) is 2.17. The SMILES string of the molecule is CCCC(Cc1c[nH]c2ccccc12)NC(=O)c1nc(N2CCN(CC(F)F)CC2)n[nH]1. The van der Waals surface area contributed by atoms with Crippen molar-refractivity contribution in [1.29, 1.82) is 0 Å². The summed E-state index contributed by atoms with van der Waals surface area (Å²) >= 11 is 0. The number of halogens is 2. The highest BCUT2D eigenvalue weighted by Gasteiger charge is 2.24. The number of piperazine rings is 1. The van der Waals surface area contributed by atoms with Gasteiger partial charge in [0, 0.05) is 49.3 Å². The number of anilines is 1. The first-order valence-corrected chi connectivity index (χ1v) is 11.1. The van der Waals surface area contributed by atoms with Crippen LogP contribution in [-0.2, 0) is 6.42 Å². The number of hydrogen-bond donors (Lipinski definition) is 3. The minimum Gasteiger partial charge on any atom is -0.361 e. The lowest BCUT2D eigenvalue weighted by molar-refractivity contribution is 0.0852. The van der Waals surface area contributed by atoms with E-state index in [1.54, 1.807) is 4.90 Å². The van der Waals surface area contributed by atoms with Gasteiger partial charge in [0.2, 0.25) is 11.8 Å². The number of carbonyl (C=O) groups excluding carboxylic acids is 1. The van der Waals surface area contributed by atoms with Gasteiger partial charge in [-0.05, 0) is 24.5 Å². The number of carbonyl (C=O) groups is 1. The van der Waals surface area contributed by atoms with Crippen molar-refractivity contribution in [2.45, 2.75) is 38.7 Å². The summed E-state index contributed by atoms with van der Waals surface area (Å²) in [5.74, 6) is 0.295. The molecule has 1 atom stereocenters. The zero-order valence-electron chi connectivity index (χ0n) is 18.2. The van der Waals surface area contributed by atoms with Gasteiger partial charge in [0.25, 0.3) is 12.3 Å². The van der Waals surface area contributed by atoms with E-state index in [9.17, 15) is 13.6 Å². The fourth-order valence-electron chi connectivity index (χ4n) is 4.21. The first kappa shape index (κ1) is 22.2. The van der Waals surface area contributed by atoms with Crippen molar-refractivity contribution < 1.29 is 13.6 Å². The highest BCUT2D eigenvalue weighted by molar-refractivity contribution is 5.91. The molecule has 8 nitrogen and oxygen atoms in total. The summed E-state index contributed by atoms with van der Waals surface area (Å²) in [4.78, 5) is 24.1. The second-order valence-electron chi connectivity index (χ2n) is 8.19. The summed E-state index contributed by atoms with van der Waals surface area (Å²) in [5, 5.41) is 11.1. The third-order valence-corrected chi connectivity index (χ3v) is 5.85. The molecule has 3 heterocycles. The maximum Gasteiger partial charge on any atom is 0.288 e. The summed E-state index contributed by atoms with van der Waals surface area (Å²) in [5.41, 5.74) is 2.25. The molecule has 1 aliphatic heterocycles. The quantitative estimate of drug-likeness (QED) is 0.471. The molecule has 1 amide bonds. The number of H-pyrrole nitrogens is 2. The van der Waals surface area contributed by atoms with Gasteiger partial charge in [-0.25, -0.2) is 8.78 Å². The smallest absolute Gasteiger partial charge is 0.288 e. The van der Waals surface area contributed by atoms with E-state index < -0.39 is 6.43 Å². The molecular weight excluding hydrogens is 416 g/mol. The van der Waals surface area contributed by atoms with Crippen molar-refractivity contribution in [3.05, 3.63) is 41.9 Å². The largest absolute Gasteiger partial charge is 0.361 e. The van der Waals surface area contributed by atoms with Crippen molar-refractivity contribution in [3.8, 4) is 0 Å². The van der Waals surface area contributed by atoms with Crippen LogP contribution in [0.5, 0.6) is 0 Å². The number of aromatic amines is 2. The van der Waals surface area contributed by atoms with Gasteiger partial charge in [0.05, 0.1) is 6.54 Å². The summed E-state index contributed by atoms with van der Waals surface area (Å²) < 4.78 is 25.1. The second-order valence-corrected chi connectivity index (χ2v) is 8.19. The molecule has 32 heavy (non-hydrogen) atoms. The summed E-state index contributed by atoms with van der Waals surface area (Å²) in [7, 11) is 0. The van der Waals surface area contributed by atoms with Gasteiger partial charge in [-0.15, -0.1) is 5.10 Å². The van der Waals surface area contributed by atoms with E-state index in [-0.39, 0.29) is 24.3 Å². The molecule has 1 aromatic carbocycles. The molecule has 1 saturated heterocycles. The van der Waals surface area contributed by atoms with Gasteiger partial charge < -0.3 is 15.2 Å². The van der Waals surface area contributed by atoms with Crippen LogP contribution in [0.2, 0.25) is 0 Å². The Labute approximate surface area is 185 Å². The Morgan fingerprint density at radius 1 is 1.22 bits per heavy atom. The number of amides is 1. The normalized spacial score (nSPS) is 16.1. The van der Waals surface area contributed by atoms with Gasteiger partial charge in [-0.3, -0.25) is 14.8 Å². The van der Waals surface area contributed by atoms with Crippen LogP contribution in [0.15, 0.2) is 30.5 Å². The van der Waals surface area contributed by atoms with Crippen LogP contribution in [0, 0.1) is 0 Å². The first-order chi connectivity index (χ1) is 15.5. The monoisotopic (exact) mass is 445 g/mol. The number of nitrogens with one attached hydrogen (secondary N) is 3. The standard InChI is InChI=1S/C22H29F2N7O/c1-2-5-16(12-15-13-25-18-7-4-3-6-17(15)18)26-21(32)20-27-22(29-28-20)31-10-8-30(9-11-31)14-19(23)24/h3-4,6-7,13,16,19,25H,2,5,8-12,14H2,1H3,(H,26,32)(H,27,28,29). The Kier molecular flexibility index (Phi) is 6.99. The predicted molar refractivity (Wildman–Crippen MR) is 119 cm³/mol. The average Bonchev–Trinajstić information content (AvgIpc) is 3.42. The number of fused-ring (bicyclic) bond motifs is 1. The van der Waals surface area contributed by atoms with Crippen molar-refractivity contribution in [2.24, 2.45) is 0 Å². The molecule has 172 valence electrons. The maximum absolute atomic E-state index is 12.8. The van der Waals surface area contributed by atoms with Crippen LogP contribution in [0.25, 0.3) is 10.9 Å². The minimum absolute atomic E-state index is 0.0295. The Balaban J connectivity index is 1.37. The third kappa shape index (κ3) is 5.24. The first-order valence-electron chi connectivity index (χ1n) is 11.1. The van der Waals surface area contributed by atoms with Gasteiger partial charge >= 0.3 is 0 Å². The number of benzene rings is 1. The van der Waals surface area contributed by atoms with E-state index in [0.717, 1.165) is 30.2 Å². The minimum atomic E-state index is -2.33. The van der Waals surface area contributed by atoms with E-state index >= 15 is 0 Å². The molecule has 3 aromatic rings. The van der Waals surface area contributed by atoms with E-state index in [4.69, 9.17) is 0 Å². The maximum atomic E-state index is 12.8. The van der Waals surface area contributed by atoms with Crippen LogP contribution in [0.3, 0.4) is 0 Å². The Hall–Kier alpha value is -3.01. The highest BCUT2D eigenvalue weighted by atomic mass is 19.3. The molecule has 0 saturated carbocycles. The molecule has 4 rings (SSSR count). The highest BCUT2D eigenvalue weighted by Crippen LogP contribution is 2.20. The number of hydrogen-bond acceptors (Lipinski definition) is 5. The van der Waals surface area contributed by atoms with Gasteiger partial charge in [-0.2, -0.15) is 4.98 Å². The van der Waals surface area contributed by atoms with Crippen LogP contribution in [0.4, 0.5) is 14.7 Å². The summed E-state index contributed by atoms with van der Waals surface area (Å²) in [6.45, 7) is 4.00. The number of nitrogens with zero attached hydrogens (tertiary/aromatic N) is 4. The Bertz CT molecular complexity index is 1030. The number of rotatable bonds is 9. The number of para-hydroxylation sites is 1. The predicted octanol–water partition coefficient (Wildman–Crippen LogP) is 2.81.